The number of amides is 3. The number of carbonyl (C=O) groups excluding carboxylic acids is 4. The Bertz CT molecular complexity index is 957. The summed E-state index contributed by atoms with van der Waals surface area (Å²) < 4.78 is 10.3. The molecule has 1 aromatic heterocycles. The number of nitrogens with zero attached hydrogens (tertiary/aromatic N) is 1. The highest BCUT2D eigenvalue weighted by Gasteiger charge is 2.21. The second-order valence-electron chi connectivity index (χ2n) is 7.38. The maximum absolute atomic E-state index is 12.4. The Balaban J connectivity index is 1.92. The molecule has 0 fully saturated rings. The molecule has 0 saturated carbocycles. The highest BCUT2D eigenvalue weighted by molar-refractivity contribution is 5.93. The Kier molecular flexibility index (Phi) is 10.1. The van der Waals surface area contributed by atoms with Crippen LogP contribution in [-0.4, -0.2) is 54.8 Å². The number of ether oxygens (including phenoxy) is 1. The number of methoxy groups -OCH3 is 1. The molecule has 0 aliphatic carbocycles. The van der Waals surface area contributed by atoms with Crippen molar-refractivity contribution in [2.45, 2.75) is 32.6 Å². The lowest BCUT2D eigenvalue weighted by molar-refractivity contribution is -0.154. The van der Waals surface area contributed by atoms with Crippen molar-refractivity contribution in [3.05, 3.63) is 47.7 Å². The largest absolute Gasteiger partial charge is 0.465 e. The summed E-state index contributed by atoms with van der Waals surface area (Å²) in [6.07, 6.45) is 3.43. The van der Waals surface area contributed by atoms with E-state index in [9.17, 15) is 24.4 Å². The van der Waals surface area contributed by atoms with Crippen molar-refractivity contribution in [1.29, 1.82) is 0 Å². The third-order valence-corrected chi connectivity index (χ3v) is 4.97. The maximum atomic E-state index is 12.4. The zero-order valence-corrected chi connectivity index (χ0v) is 18.7. The molecule has 10 nitrogen and oxygen atoms in total. The van der Waals surface area contributed by atoms with Gasteiger partial charge in [-0.25, -0.2) is 9.86 Å². The maximum Gasteiger partial charge on any atom is 0.337 e. The van der Waals surface area contributed by atoms with Gasteiger partial charge in [0.15, 0.2) is 5.76 Å². The number of nitrogens with one attached hydrogen (secondary N) is 2. The molecule has 1 heterocycles. The van der Waals surface area contributed by atoms with E-state index in [-0.39, 0.29) is 31.3 Å². The molecule has 33 heavy (non-hydrogen) atoms. The normalized spacial score (nSPS) is 11.4. The minimum absolute atomic E-state index is 0.0321. The summed E-state index contributed by atoms with van der Waals surface area (Å²) in [5, 5.41) is 15.0. The van der Waals surface area contributed by atoms with E-state index in [0.717, 1.165) is 19.3 Å². The molecule has 3 N–H and O–H groups in total. The first kappa shape index (κ1) is 25.6. The lowest BCUT2D eigenvalue weighted by atomic mass is 10.0. The van der Waals surface area contributed by atoms with Crippen molar-refractivity contribution in [2.75, 3.05) is 20.3 Å². The molecule has 1 aromatic carbocycles. The van der Waals surface area contributed by atoms with Crippen LogP contribution in [0.3, 0.4) is 0 Å². The van der Waals surface area contributed by atoms with E-state index in [1.165, 1.54) is 13.2 Å². The monoisotopic (exact) mass is 459 g/mol. The summed E-state index contributed by atoms with van der Waals surface area (Å²) in [6.45, 7) is 1.76. The van der Waals surface area contributed by atoms with E-state index in [4.69, 9.17) is 9.15 Å². The van der Waals surface area contributed by atoms with E-state index in [1.807, 2.05) is 6.92 Å². The first-order valence-corrected chi connectivity index (χ1v) is 10.6. The van der Waals surface area contributed by atoms with Crippen LogP contribution in [0.4, 0.5) is 0 Å². The van der Waals surface area contributed by atoms with Gasteiger partial charge < -0.3 is 19.8 Å². The zero-order valence-electron chi connectivity index (χ0n) is 18.7. The number of hydroxylamine groups is 2. The van der Waals surface area contributed by atoms with Crippen molar-refractivity contribution >= 4 is 24.2 Å². The molecule has 0 spiro atoms. The Labute approximate surface area is 191 Å². The van der Waals surface area contributed by atoms with Gasteiger partial charge in [0, 0.05) is 5.56 Å². The lowest BCUT2D eigenvalue weighted by Gasteiger charge is -2.19. The van der Waals surface area contributed by atoms with Crippen LogP contribution in [0.5, 0.6) is 0 Å². The number of carbonyl (C=O) groups is 4. The topological polar surface area (TPSA) is 138 Å². The van der Waals surface area contributed by atoms with Crippen molar-refractivity contribution in [3.63, 3.8) is 0 Å². The predicted molar refractivity (Wildman–Crippen MR) is 118 cm³/mol. The van der Waals surface area contributed by atoms with Crippen LogP contribution >= 0.6 is 0 Å². The molecule has 3 amide bonds. The molecule has 0 bridgehead atoms. The second kappa shape index (κ2) is 13.0. The number of unbranched alkanes of at least 4 members (excludes halogenated alkanes) is 2. The molecule has 2 rings (SSSR count). The van der Waals surface area contributed by atoms with Crippen LogP contribution in [0.15, 0.2) is 40.8 Å². The molecule has 0 radical (unpaired) electrons. The number of hydrogen-bond donors (Lipinski definition) is 3. The van der Waals surface area contributed by atoms with Crippen LogP contribution < -0.4 is 10.6 Å². The van der Waals surface area contributed by atoms with E-state index < -0.39 is 17.8 Å². The first-order valence-electron chi connectivity index (χ1n) is 10.6. The highest BCUT2D eigenvalue weighted by atomic mass is 16.5. The number of esters is 1. The summed E-state index contributed by atoms with van der Waals surface area (Å²) in [6, 6.07) is 9.69. The van der Waals surface area contributed by atoms with Crippen LogP contribution in [0, 0.1) is 5.92 Å². The Morgan fingerprint density at radius 3 is 2.67 bits per heavy atom. The molecule has 0 saturated heterocycles. The summed E-state index contributed by atoms with van der Waals surface area (Å²) in [7, 11) is 1.29. The minimum Gasteiger partial charge on any atom is -0.465 e. The SMILES string of the molecule is CCCCC[C@H](CN(O)C=O)C(=O)NCNC(=O)c1ccc(-c2cccc(C(=O)OC)c2)o1. The molecule has 10 heteroatoms. The number of benzene rings is 1. The summed E-state index contributed by atoms with van der Waals surface area (Å²) in [5.41, 5.74) is 0.952. The molecule has 0 aliphatic rings. The van der Waals surface area contributed by atoms with Gasteiger partial charge in [-0.05, 0) is 30.7 Å². The Morgan fingerprint density at radius 2 is 1.97 bits per heavy atom. The van der Waals surface area contributed by atoms with Crippen molar-refractivity contribution < 1.29 is 33.5 Å². The third-order valence-electron chi connectivity index (χ3n) is 4.97. The second-order valence-corrected chi connectivity index (χ2v) is 7.38. The van der Waals surface area contributed by atoms with Gasteiger partial charge in [-0.3, -0.25) is 19.6 Å². The molecule has 0 unspecified atom stereocenters. The first-order chi connectivity index (χ1) is 15.9. The molecule has 1 atom stereocenters. The Morgan fingerprint density at radius 1 is 1.18 bits per heavy atom. The quantitative estimate of drug-likeness (QED) is 0.104. The average molecular weight is 459 g/mol. The molecule has 2 aromatic rings. The number of furan rings is 1. The predicted octanol–water partition coefficient (Wildman–Crippen LogP) is 2.58. The fraction of sp³-hybridized carbons (Fsp3) is 0.391. The van der Waals surface area contributed by atoms with Gasteiger partial charge >= 0.3 is 5.97 Å². The zero-order chi connectivity index (χ0) is 24.2. The average Bonchev–Trinajstić information content (AvgIpc) is 3.33. The van der Waals surface area contributed by atoms with Gasteiger partial charge in [0.05, 0.1) is 31.8 Å². The van der Waals surface area contributed by atoms with Gasteiger partial charge in [-0.2, -0.15) is 0 Å². The minimum atomic E-state index is -0.596. The number of rotatable bonds is 13. The van der Waals surface area contributed by atoms with Crippen LogP contribution in [-0.2, 0) is 14.3 Å². The van der Waals surface area contributed by atoms with E-state index in [1.54, 1.807) is 30.3 Å². The van der Waals surface area contributed by atoms with Crippen LogP contribution in [0.25, 0.3) is 11.3 Å². The van der Waals surface area contributed by atoms with Crippen molar-refractivity contribution in [1.82, 2.24) is 15.7 Å². The molecule has 0 aliphatic heterocycles. The fourth-order valence-electron chi connectivity index (χ4n) is 3.19. The lowest BCUT2D eigenvalue weighted by Crippen LogP contribution is -2.42. The van der Waals surface area contributed by atoms with E-state index in [0.29, 0.717) is 28.4 Å². The van der Waals surface area contributed by atoms with Crippen LogP contribution in [0.2, 0.25) is 0 Å². The number of hydrogen-bond acceptors (Lipinski definition) is 7. The third kappa shape index (κ3) is 7.76. The van der Waals surface area contributed by atoms with Crippen LogP contribution in [0.1, 0.15) is 53.5 Å². The van der Waals surface area contributed by atoms with Gasteiger partial charge in [0.1, 0.15) is 5.76 Å². The fourth-order valence-corrected chi connectivity index (χ4v) is 3.19. The summed E-state index contributed by atoms with van der Waals surface area (Å²) in [5.74, 6) is -1.58. The Hall–Kier alpha value is -3.66. The summed E-state index contributed by atoms with van der Waals surface area (Å²) >= 11 is 0. The molecular formula is C23H29N3O7. The van der Waals surface area contributed by atoms with Crippen molar-refractivity contribution in [3.8, 4) is 11.3 Å². The highest BCUT2D eigenvalue weighted by Crippen LogP contribution is 2.23. The molecular weight excluding hydrogens is 430 g/mol. The van der Waals surface area contributed by atoms with Gasteiger partial charge in [0.25, 0.3) is 5.91 Å². The van der Waals surface area contributed by atoms with Gasteiger partial charge in [-0.1, -0.05) is 38.3 Å². The molecule has 178 valence electrons. The van der Waals surface area contributed by atoms with Crippen molar-refractivity contribution in [2.24, 2.45) is 5.92 Å². The smallest absolute Gasteiger partial charge is 0.337 e. The summed E-state index contributed by atoms with van der Waals surface area (Å²) in [4.78, 5) is 47.2. The van der Waals surface area contributed by atoms with E-state index in [2.05, 4.69) is 10.6 Å². The van der Waals surface area contributed by atoms with E-state index >= 15 is 0 Å². The standard InChI is InChI=1S/C23H29N3O7/c1-3-4-5-7-18(13-26(31)15-27)21(28)24-14-25-22(29)20-11-10-19(33-20)16-8-6-9-17(12-16)23(30)32-2/h6,8-12,15,18,31H,3-5,7,13-14H2,1-2H3,(H,24,28)(H,25,29)/t18-/m1/s1. The van der Waals surface area contributed by atoms with Gasteiger partial charge in [0.2, 0.25) is 12.3 Å². The van der Waals surface area contributed by atoms with Gasteiger partial charge in [-0.15, -0.1) is 0 Å².